The van der Waals surface area contributed by atoms with Crippen LogP contribution >= 0.6 is 22.7 Å². The molecule has 3 rings (SSSR count). The molecule has 3 nitrogen and oxygen atoms in total. The maximum absolute atomic E-state index is 11.8. The summed E-state index contributed by atoms with van der Waals surface area (Å²) < 4.78 is 0. The fourth-order valence-corrected chi connectivity index (χ4v) is 3.77. The van der Waals surface area contributed by atoms with Crippen molar-refractivity contribution >= 4 is 28.7 Å². The summed E-state index contributed by atoms with van der Waals surface area (Å²) in [6.07, 6.45) is 2.36. The van der Waals surface area contributed by atoms with Gasteiger partial charge in [-0.15, -0.1) is 22.7 Å². The van der Waals surface area contributed by atoms with Gasteiger partial charge in [0.05, 0.1) is 6.54 Å². The van der Waals surface area contributed by atoms with E-state index in [4.69, 9.17) is 0 Å². The van der Waals surface area contributed by atoms with E-state index in [0.29, 0.717) is 6.54 Å². The number of amides is 2. The van der Waals surface area contributed by atoms with Crippen molar-refractivity contribution in [3.63, 3.8) is 0 Å². The molecule has 100 valence electrons. The smallest absolute Gasteiger partial charge is 0.315 e. The first-order chi connectivity index (χ1) is 9.28. The number of nitrogens with one attached hydrogen (secondary N) is 2. The van der Waals surface area contributed by atoms with E-state index in [1.807, 2.05) is 17.5 Å². The highest BCUT2D eigenvalue weighted by Crippen LogP contribution is 2.49. The molecule has 2 amide bonds. The van der Waals surface area contributed by atoms with Gasteiger partial charge in [-0.1, -0.05) is 12.1 Å². The fourth-order valence-electron chi connectivity index (χ4n) is 2.13. The van der Waals surface area contributed by atoms with Crippen LogP contribution in [0.1, 0.15) is 22.6 Å². The zero-order chi connectivity index (χ0) is 13.1. The van der Waals surface area contributed by atoms with Crippen molar-refractivity contribution in [3.05, 3.63) is 44.8 Å². The summed E-state index contributed by atoms with van der Waals surface area (Å²) in [5.41, 5.74) is 0.217. The number of carbonyl (C=O) groups is 1. The topological polar surface area (TPSA) is 41.1 Å². The molecule has 0 aliphatic heterocycles. The second-order valence-electron chi connectivity index (χ2n) is 4.87. The minimum absolute atomic E-state index is 0.0729. The normalized spacial score (nSPS) is 16.0. The number of thiophene rings is 2. The van der Waals surface area contributed by atoms with Crippen molar-refractivity contribution in [2.24, 2.45) is 0 Å². The SMILES string of the molecule is O=C(NCc1cccs1)NCC1(c2cccs2)CC1. The van der Waals surface area contributed by atoms with Crippen LogP contribution in [0.5, 0.6) is 0 Å². The van der Waals surface area contributed by atoms with Crippen LogP contribution in [-0.4, -0.2) is 12.6 Å². The molecule has 0 unspecified atom stereocenters. The van der Waals surface area contributed by atoms with Gasteiger partial charge in [-0.3, -0.25) is 0 Å². The lowest BCUT2D eigenvalue weighted by Crippen LogP contribution is -2.39. The zero-order valence-electron chi connectivity index (χ0n) is 10.5. The van der Waals surface area contributed by atoms with Crippen LogP contribution in [0.25, 0.3) is 0 Å². The van der Waals surface area contributed by atoms with Crippen molar-refractivity contribution in [1.82, 2.24) is 10.6 Å². The maximum Gasteiger partial charge on any atom is 0.315 e. The molecule has 0 atom stereocenters. The van der Waals surface area contributed by atoms with E-state index in [2.05, 4.69) is 28.1 Å². The molecular weight excluding hydrogens is 276 g/mol. The molecule has 1 fully saturated rings. The third-order valence-electron chi connectivity index (χ3n) is 3.49. The van der Waals surface area contributed by atoms with Gasteiger partial charge in [0.1, 0.15) is 0 Å². The standard InChI is InChI=1S/C14H16N2OS2/c17-13(15-9-11-3-1-7-18-11)16-10-14(5-6-14)12-4-2-8-19-12/h1-4,7-8H,5-6,9-10H2,(H2,15,16,17). The van der Waals surface area contributed by atoms with Crippen LogP contribution in [0.3, 0.4) is 0 Å². The summed E-state index contributed by atoms with van der Waals surface area (Å²) in [5, 5.41) is 10.0. The number of urea groups is 1. The summed E-state index contributed by atoms with van der Waals surface area (Å²) in [4.78, 5) is 14.3. The van der Waals surface area contributed by atoms with E-state index in [0.717, 1.165) is 6.54 Å². The Kier molecular flexibility index (Phi) is 3.57. The summed E-state index contributed by atoms with van der Waals surface area (Å²) >= 11 is 3.44. The summed E-state index contributed by atoms with van der Waals surface area (Å²) in [7, 11) is 0. The molecule has 2 N–H and O–H groups in total. The number of hydrogen-bond donors (Lipinski definition) is 2. The lowest BCUT2D eigenvalue weighted by molar-refractivity contribution is 0.239. The summed E-state index contributed by atoms with van der Waals surface area (Å²) in [6.45, 7) is 1.35. The number of rotatable bonds is 5. The van der Waals surface area contributed by atoms with Crippen LogP contribution < -0.4 is 10.6 Å². The Bertz CT molecular complexity index is 530. The van der Waals surface area contributed by atoms with E-state index in [9.17, 15) is 4.79 Å². The van der Waals surface area contributed by atoms with Gasteiger partial charge in [0.15, 0.2) is 0 Å². The van der Waals surface area contributed by atoms with E-state index < -0.39 is 0 Å². The van der Waals surface area contributed by atoms with Gasteiger partial charge >= 0.3 is 6.03 Å². The van der Waals surface area contributed by atoms with Crippen molar-refractivity contribution in [3.8, 4) is 0 Å². The Hall–Kier alpha value is -1.33. The molecule has 0 radical (unpaired) electrons. The highest BCUT2D eigenvalue weighted by molar-refractivity contribution is 7.10. The van der Waals surface area contributed by atoms with Crippen LogP contribution in [0, 0.1) is 0 Å². The zero-order valence-corrected chi connectivity index (χ0v) is 12.2. The van der Waals surface area contributed by atoms with E-state index >= 15 is 0 Å². The number of hydrogen-bond acceptors (Lipinski definition) is 3. The molecule has 0 bridgehead atoms. The van der Waals surface area contributed by atoms with Crippen LogP contribution in [0.2, 0.25) is 0 Å². The first kappa shape index (κ1) is 12.7. The predicted molar refractivity (Wildman–Crippen MR) is 79.8 cm³/mol. The molecule has 2 aromatic heterocycles. The fraction of sp³-hybridized carbons (Fsp3) is 0.357. The van der Waals surface area contributed by atoms with E-state index in [-0.39, 0.29) is 11.4 Å². The molecule has 1 aliphatic carbocycles. The minimum atomic E-state index is -0.0729. The Morgan fingerprint density at radius 1 is 1.16 bits per heavy atom. The molecule has 0 aromatic carbocycles. The monoisotopic (exact) mass is 292 g/mol. The quantitative estimate of drug-likeness (QED) is 0.872. The van der Waals surface area contributed by atoms with Crippen molar-refractivity contribution in [2.75, 3.05) is 6.54 Å². The Balaban J connectivity index is 1.46. The van der Waals surface area contributed by atoms with Crippen LogP contribution in [0.4, 0.5) is 4.79 Å². The molecule has 2 aromatic rings. The second kappa shape index (κ2) is 5.35. The molecule has 1 saturated carbocycles. The Morgan fingerprint density at radius 3 is 2.58 bits per heavy atom. The predicted octanol–water partition coefficient (Wildman–Crippen LogP) is 3.34. The van der Waals surface area contributed by atoms with Gasteiger partial charge in [0, 0.05) is 21.7 Å². The second-order valence-corrected chi connectivity index (χ2v) is 6.85. The average Bonchev–Trinajstić information content (AvgIpc) is 2.90. The first-order valence-electron chi connectivity index (χ1n) is 6.37. The van der Waals surface area contributed by atoms with Crippen LogP contribution in [0.15, 0.2) is 35.0 Å². The van der Waals surface area contributed by atoms with Crippen molar-refractivity contribution in [2.45, 2.75) is 24.8 Å². The lowest BCUT2D eigenvalue weighted by Gasteiger charge is -2.14. The molecule has 19 heavy (non-hydrogen) atoms. The van der Waals surface area contributed by atoms with Gasteiger partial charge in [-0.2, -0.15) is 0 Å². The Labute approximate surface area is 120 Å². The van der Waals surface area contributed by atoms with Gasteiger partial charge in [-0.25, -0.2) is 4.79 Å². The molecule has 5 heteroatoms. The van der Waals surface area contributed by atoms with Gasteiger partial charge < -0.3 is 10.6 Å². The minimum Gasteiger partial charge on any atom is -0.337 e. The van der Waals surface area contributed by atoms with E-state index in [1.165, 1.54) is 22.6 Å². The lowest BCUT2D eigenvalue weighted by atomic mass is 10.1. The van der Waals surface area contributed by atoms with E-state index in [1.54, 1.807) is 22.7 Å². The Morgan fingerprint density at radius 2 is 1.95 bits per heavy atom. The molecule has 1 aliphatic rings. The van der Waals surface area contributed by atoms with Crippen LogP contribution in [-0.2, 0) is 12.0 Å². The third kappa shape index (κ3) is 2.98. The van der Waals surface area contributed by atoms with Gasteiger partial charge in [0.25, 0.3) is 0 Å². The highest BCUT2D eigenvalue weighted by Gasteiger charge is 2.45. The largest absolute Gasteiger partial charge is 0.337 e. The maximum atomic E-state index is 11.8. The summed E-state index contributed by atoms with van der Waals surface area (Å²) in [5.74, 6) is 0. The molecule has 2 heterocycles. The summed E-state index contributed by atoms with van der Waals surface area (Å²) in [6, 6.07) is 8.20. The van der Waals surface area contributed by atoms with Gasteiger partial charge in [0.2, 0.25) is 0 Å². The first-order valence-corrected chi connectivity index (χ1v) is 8.13. The number of carbonyl (C=O) groups excluding carboxylic acids is 1. The van der Waals surface area contributed by atoms with Gasteiger partial charge in [-0.05, 0) is 35.7 Å². The average molecular weight is 292 g/mol. The molecular formula is C14H16N2OS2. The van der Waals surface area contributed by atoms with Crippen molar-refractivity contribution < 1.29 is 4.79 Å². The highest BCUT2D eigenvalue weighted by atomic mass is 32.1. The third-order valence-corrected chi connectivity index (χ3v) is 5.48. The molecule has 0 saturated heterocycles. The molecule has 0 spiro atoms. The van der Waals surface area contributed by atoms with Crippen molar-refractivity contribution in [1.29, 1.82) is 0 Å².